The maximum absolute atomic E-state index is 11.2. The highest BCUT2D eigenvalue weighted by molar-refractivity contribution is 14.1. The SMILES string of the molecule is O=C1CC2(CCCOC2)C(CI)O1. The summed E-state index contributed by atoms with van der Waals surface area (Å²) in [5.74, 6) is -0.0489. The van der Waals surface area contributed by atoms with Gasteiger partial charge in [0.25, 0.3) is 0 Å². The summed E-state index contributed by atoms with van der Waals surface area (Å²) < 4.78 is 11.6. The van der Waals surface area contributed by atoms with Crippen LogP contribution in [0.4, 0.5) is 0 Å². The minimum atomic E-state index is -0.0489. The Hall–Kier alpha value is 0.160. The minimum Gasteiger partial charge on any atom is -0.461 e. The normalized spacial score (nSPS) is 39.5. The molecule has 0 amide bonds. The molecular weight excluding hydrogens is 283 g/mol. The van der Waals surface area contributed by atoms with Crippen LogP contribution in [0.1, 0.15) is 19.3 Å². The van der Waals surface area contributed by atoms with Crippen LogP contribution in [0.25, 0.3) is 0 Å². The predicted octanol–water partition coefficient (Wildman–Crippen LogP) is 1.53. The number of cyclic esters (lactones) is 1. The molecule has 0 bridgehead atoms. The molecule has 0 N–H and O–H groups in total. The summed E-state index contributed by atoms with van der Waals surface area (Å²) in [6.45, 7) is 1.54. The molecule has 0 aromatic heterocycles. The van der Waals surface area contributed by atoms with Crippen molar-refractivity contribution >= 4 is 28.6 Å². The highest BCUT2D eigenvalue weighted by Crippen LogP contribution is 2.43. The zero-order valence-corrected chi connectivity index (χ0v) is 9.58. The van der Waals surface area contributed by atoms with E-state index in [1.54, 1.807) is 0 Å². The van der Waals surface area contributed by atoms with Crippen LogP contribution < -0.4 is 0 Å². The van der Waals surface area contributed by atoms with Crippen LogP contribution in [0.2, 0.25) is 0 Å². The Morgan fingerprint density at radius 2 is 2.46 bits per heavy atom. The lowest BCUT2D eigenvalue weighted by Gasteiger charge is -2.34. The summed E-state index contributed by atoms with van der Waals surface area (Å²) >= 11 is 2.28. The molecule has 0 radical (unpaired) electrons. The number of carbonyl (C=O) groups excluding carboxylic acids is 1. The van der Waals surface area contributed by atoms with Gasteiger partial charge in [-0.3, -0.25) is 4.79 Å². The summed E-state index contributed by atoms with van der Waals surface area (Å²) in [7, 11) is 0. The number of rotatable bonds is 1. The Balaban J connectivity index is 2.13. The Morgan fingerprint density at radius 1 is 1.62 bits per heavy atom. The highest BCUT2D eigenvalue weighted by atomic mass is 127. The molecule has 2 atom stereocenters. The summed E-state index contributed by atoms with van der Waals surface area (Å²) in [5, 5.41) is 0. The van der Waals surface area contributed by atoms with Gasteiger partial charge < -0.3 is 9.47 Å². The van der Waals surface area contributed by atoms with E-state index in [4.69, 9.17) is 9.47 Å². The number of hydrogen-bond acceptors (Lipinski definition) is 3. The molecule has 2 aliphatic heterocycles. The molecular formula is C9H13IO3. The number of alkyl halides is 1. The summed E-state index contributed by atoms with van der Waals surface area (Å²) in [5.41, 5.74) is 0.0104. The second kappa shape index (κ2) is 3.73. The monoisotopic (exact) mass is 296 g/mol. The molecule has 2 heterocycles. The van der Waals surface area contributed by atoms with Crippen molar-refractivity contribution in [2.45, 2.75) is 25.4 Å². The van der Waals surface area contributed by atoms with Crippen molar-refractivity contribution in [2.24, 2.45) is 5.41 Å². The molecule has 0 aliphatic carbocycles. The second-order valence-electron chi connectivity index (χ2n) is 3.83. The van der Waals surface area contributed by atoms with Gasteiger partial charge in [-0.2, -0.15) is 0 Å². The topological polar surface area (TPSA) is 35.5 Å². The quantitative estimate of drug-likeness (QED) is 0.418. The second-order valence-corrected chi connectivity index (χ2v) is 4.71. The van der Waals surface area contributed by atoms with Crippen molar-refractivity contribution < 1.29 is 14.3 Å². The number of carbonyl (C=O) groups is 1. The molecule has 2 fully saturated rings. The third kappa shape index (κ3) is 1.70. The van der Waals surface area contributed by atoms with Gasteiger partial charge in [-0.1, -0.05) is 22.6 Å². The van der Waals surface area contributed by atoms with Gasteiger partial charge >= 0.3 is 5.97 Å². The number of halogens is 1. The minimum absolute atomic E-state index is 0.0104. The molecule has 13 heavy (non-hydrogen) atoms. The summed E-state index contributed by atoms with van der Waals surface area (Å²) in [6.07, 6.45) is 2.78. The van der Waals surface area contributed by atoms with Crippen LogP contribution in [0.15, 0.2) is 0 Å². The third-order valence-corrected chi connectivity index (χ3v) is 3.75. The van der Waals surface area contributed by atoms with E-state index in [9.17, 15) is 4.79 Å². The van der Waals surface area contributed by atoms with Crippen LogP contribution in [0.3, 0.4) is 0 Å². The van der Waals surface area contributed by atoms with Gasteiger partial charge in [0.05, 0.1) is 13.0 Å². The average molecular weight is 296 g/mol. The lowest BCUT2D eigenvalue weighted by atomic mass is 9.77. The largest absolute Gasteiger partial charge is 0.461 e. The van der Waals surface area contributed by atoms with Gasteiger partial charge in [-0.05, 0) is 12.8 Å². The lowest BCUT2D eigenvalue weighted by molar-refractivity contribution is -0.141. The van der Waals surface area contributed by atoms with Crippen molar-refractivity contribution in [2.75, 3.05) is 17.6 Å². The summed E-state index contributed by atoms with van der Waals surface area (Å²) in [4.78, 5) is 11.2. The van der Waals surface area contributed by atoms with Gasteiger partial charge in [0.2, 0.25) is 0 Å². The van der Waals surface area contributed by atoms with Crippen LogP contribution in [-0.2, 0) is 14.3 Å². The fourth-order valence-corrected chi connectivity index (χ4v) is 3.30. The van der Waals surface area contributed by atoms with Gasteiger partial charge in [0.1, 0.15) is 6.10 Å². The van der Waals surface area contributed by atoms with E-state index in [0.29, 0.717) is 13.0 Å². The first kappa shape index (κ1) is 9.71. The van der Waals surface area contributed by atoms with Gasteiger partial charge in [-0.25, -0.2) is 0 Å². The average Bonchev–Trinajstić information content (AvgIpc) is 2.43. The number of esters is 1. The third-order valence-electron chi connectivity index (χ3n) is 2.95. The van der Waals surface area contributed by atoms with E-state index in [2.05, 4.69) is 22.6 Å². The molecule has 2 unspecified atom stereocenters. The Morgan fingerprint density at radius 3 is 3.08 bits per heavy atom. The van der Waals surface area contributed by atoms with Crippen molar-refractivity contribution in [1.29, 1.82) is 0 Å². The molecule has 2 aliphatic rings. The molecule has 74 valence electrons. The van der Waals surface area contributed by atoms with Gasteiger partial charge in [-0.15, -0.1) is 0 Å². The first-order chi connectivity index (χ1) is 6.27. The first-order valence-corrected chi connectivity index (χ1v) is 6.13. The molecule has 1 spiro atoms. The lowest BCUT2D eigenvalue weighted by Crippen LogP contribution is -2.39. The van der Waals surface area contributed by atoms with E-state index in [-0.39, 0.29) is 17.5 Å². The van der Waals surface area contributed by atoms with E-state index in [0.717, 1.165) is 23.9 Å². The molecule has 0 aromatic carbocycles. The fraction of sp³-hybridized carbons (Fsp3) is 0.889. The maximum atomic E-state index is 11.2. The first-order valence-electron chi connectivity index (χ1n) is 4.60. The molecule has 3 nitrogen and oxygen atoms in total. The highest BCUT2D eigenvalue weighted by Gasteiger charge is 2.49. The van der Waals surface area contributed by atoms with E-state index in [1.165, 1.54) is 0 Å². The van der Waals surface area contributed by atoms with Crippen LogP contribution in [0, 0.1) is 5.41 Å². The molecule has 2 saturated heterocycles. The van der Waals surface area contributed by atoms with Gasteiger partial charge in [0, 0.05) is 16.4 Å². The van der Waals surface area contributed by atoms with Crippen molar-refractivity contribution in [1.82, 2.24) is 0 Å². The van der Waals surface area contributed by atoms with Crippen LogP contribution in [-0.4, -0.2) is 29.7 Å². The predicted molar refractivity (Wildman–Crippen MR) is 55.9 cm³/mol. The Bertz CT molecular complexity index is 211. The fourth-order valence-electron chi connectivity index (χ4n) is 2.19. The zero-order valence-electron chi connectivity index (χ0n) is 7.42. The molecule has 0 aromatic rings. The van der Waals surface area contributed by atoms with E-state index in [1.807, 2.05) is 0 Å². The van der Waals surface area contributed by atoms with Crippen LogP contribution in [0.5, 0.6) is 0 Å². The number of ether oxygens (including phenoxy) is 2. The molecule has 4 heteroatoms. The zero-order chi connectivity index (χ0) is 9.31. The van der Waals surface area contributed by atoms with Crippen LogP contribution >= 0.6 is 22.6 Å². The van der Waals surface area contributed by atoms with Gasteiger partial charge in [0.15, 0.2) is 0 Å². The molecule has 2 rings (SSSR count). The number of hydrogen-bond donors (Lipinski definition) is 0. The van der Waals surface area contributed by atoms with Crippen molar-refractivity contribution in [3.8, 4) is 0 Å². The van der Waals surface area contributed by atoms with E-state index < -0.39 is 0 Å². The summed E-state index contributed by atoms with van der Waals surface area (Å²) in [6, 6.07) is 0. The maximum Gasteiger partial charge on any atom is 0.306 e. The molecule has 0 saturated carbocycles. The van der Waals surface area contributed by atoms with Crippen molar-refractivity contribution in [3.05, 3.63) is 0 Å². The van der Waals surface area contributed by atoms with E-state index >= 15 is 0 Å². The van der Waals surface area contributed by atoms with Crippen molar-refractivity contribution in [3.63, 3.8) is 0 Å². The Kier molecular flexibility index (Phi) is 2.78. The standard InChI is InChI=1S/C9H13IO3/c10-5-7-9(4-8(11)13-7)2-1-3-12-6-9/h7H,1-6H2. The Labute approximate surface area is 91.3 Å². The smallest absolute Gasteiger partial charge is 0.306 e.